The second kappa shape index (κ2) is 23.1. The highest BCUT2D eigenvalue weighted by Crippen LogP contribution is 2.40. The summed E-state index contributed by atoms with van der Waals surface area (Å²) in [7, 11) is 0. The first-order valence-electron chi connectivity index (χ1n) is 18.5. The minimum atomic E-state index is -0.0726. The average Bonchev–Trinajstić information content (AvgIpc) is 2.99. The first kappa shape index (κ1) is 40.7. The molecule has 0 radical (unpaired) electrons. The number of phenols is 1. The zero-order valence-corrected chi connectivity index (χ0v) is 30.7. The molecule has 0 spiro atoms. The van der Waals surface area contributed by atoms with E-state index in [1.807, 2.05) is 13.0 Å². The van der Waals surface area contributed by atoms with Crippen LogP contribution in [-0.2, 0) is 26.8 Å². The smallest absolute Gasteiger partial charge is 0.305 e. The Kier molecular flexibility index (Phi) is 20.9. The van der Waals surface area contributed by atoms with E-state index < -0.39 is 0 Å². The summed E-state index contributed by atoms with van der Waals surface area (Å²) in [5.41, 5.74) is 4.48. The first-order valence-corrected chi connectivity index (χ1v) is 18.5. The summed E-state index contributed by atoms with van der Waals surface area (Å²) in [5, 5.41) is 10.8. The van der Waals surface area contributed by atoms with Gasteiger partial charge in [0.25, 0.3) is 0 Å². The monoisotopic (exact) mass is 623 g/mol. The van der Waals surface area contributed by atoms with E-state index in [2.05, 4.69) is 84.9 Å². The molecule has 0 amide bonds. The summed E-state index contributed by atoms with van der Waals surface area (Å²) in [6.45, 7) is 17.7. The molecule has 0 fully saturated rings. The molecule has 2 aromatic carbocycles. The molecule has 3 nitrogen and oxygen atoms in total. The molecule has 0 saturated carbocycles. The van der Waals surface area contributed by atoms with Crippen molar-refractivity contribution >= 4 is 5.97 Å². The minimum Gasteiger partial charge on any atom is -0.507 e. The van der Waals surface area contributed by atoms with Gasteiger partial charge in [-0.2, -0.15) is 0 Å². The zero-order valence-electron chi connectivity index (χ0n) is 30.7. The summed E-state index contributed by atoms with van der Waals surface area (Å²) in [4.78, 5) is 10.9. The Morgan fingerprint density at radius 2 is 1.00 bits per heavy atom. The van der Waals surface area contributed by atoms with Crippen molar-refractivity contribution < 1.29 is 14.6 Å². The fourth-order valence-electron chi connectivity index (χ4n) is 5.71. The Morgan fingerprint density at radius 3 is 1.38 bits per heavy atom. The number of hydrogen-bond acceptors (Lipinski definition) is 3. The van der Waals surface area contributed by atoms with E-state index in [1.165, 1.54) is 107 Å². The van der Waals surface area contributed by atoms with Crippen LogP contribution in [0.2, 0.25) is 0 Å². The van der Waals surface area contributed by atoms with E-state index >= 15 is 0 Å². The molecule has 0 heterocycles. The van der Waals surface area contributed by atoms with Gasteiger partial charge in [-0.15, -0.1) is 0 Å². The highest BCUT2D eigenvalue weighted by Gasteiger charge is 2.26. The Hall–Kier alpha value is -2.29. The Bertz CT molecular complexity index is 991. The molecule has 45 heavy (non-hydrogen) atoms. The van der Waals surface area contributed by atoms with E-state index in [4.69, 9.17) is 4.74 Å². The second-order valence-electron chi connectivity index (χ2n) is 15.1. The van der Waals surface area contributed by atoms with Gasteiger partial charge >= 0.3 is 5.97 Å². The number of carbonyl (C=O) groups is 1. The molecule has 0 atom stereocenters. The van der Waals surface area contributed by atoms with Gasteiger partial charge in [0, 0.05) is 6.42 Å². The fraction of sp³-hybridized carbons (Fsp3) is 0.690. The molecular weight excluding hydrogens is 552 g/mol. The average molecular weight is 623 g/mol. The summed E-state index contributed by atoms with van der Waals surface area (Å²) < 4.78 is 5.07. The number of phenolic OH excluding ortho intramolecular Hbond substituents is 1. The standard InChI is InChI=1S/C21H42O2.C21H28O/c1-3-5-6-7-8-9-10-11-12-13-14-15-16-17-18-19-20-23-21(22)4-2;1-20(2,3)17-13-16(12-15-10-8-7-9-11-15)14-18(19(17)22)21(4,5)6/h3-20H2,1-2H3;7-11,13-14,22H,12H2,1-6H3. The summed E-state index contributed by atoms with van der Waals surface area (Å²) in [6, 6.07) is 14.8. The first-order chi connectivity index (χ1) is 21.4. The second-order valence-corrected chi connectivity index (χ2v) is 15.1. The van der Waals surface area contributed by atoms with Gasteiger partial charge in [0.05, 0.1) is 6.61 Å². The number of unbranched alkanes of at least 4 members (excludes halogenated alkanes) is 15. The van der Waals surface area contributed by atoms with Crippen molar-refractivity contribution in [2.45, 2.75) is 182 Å². The van der Waals surface area contributed by atoms with Gasteiger partial charge < -0.3 is 9.84 Å². The van der Waals surface area contributed by atoms with E-state index in [-0.39, 0.29) is 16.8 Å². The number of benzene rings is 2. The van der Waals surface area contributed by atoms with Crippen molar-refractivity contribution in [3.8, 4) is 5.75 Å². The quantitative estimate of drug-likeness (QED) is 0.118. The number of ether oxygens (including phenoxy) is 1. The lowest BCUT2D eigenvalue weighted by molar-refractivity contribution is -0.143. The van der Waals surface area contributed by atoms with Crippen LogP contribution < -0.4 is 0 Å². The van der Waals surface area contributed by atoms with Crippen LogP contribution in [0, 0.1) is 0 Å². The van der Waals surface area contributed by atoms with Crippen LogP contribution in [0.15, 0.2) is 42.5 Å². The molecule has 1 N–H and O–H groups in total. The van der Waals surface area contributed by atoms with Crippen molar-refractivity contribution in [3.63, 3.8) is 0 Å². The maximum absolute atomic E-state index is 10.9. The lowest BCUT2D eigenvalue weighted by Crippen LogP contribution is -2.18. The number of hydrogen-bond donors (Lipinski definition) is 1. The van der Waals surface area contributed by atoms with Crippen molar-refractivity contribution in [1.29, 1.82) is 0 Å². The van der Waals surface area contributed by atoms with Crippen LogP contribution in [0.4, 0.5) is 0 Å². The predicted molar refractivity (Wildman–Crippen MR) is 196 cm³/mol. The minimum absolute atomic E-state index is 0.0639. The molecule has 0 aliphatic rings. The van der Waals surface area contributed by atoms with Crippen molar-refractivity contribution in [2.24, 2.45) is 0 Å². The van der Waals surface area contributed by atoms with Gasteiger partial charge in [-0.05, 0) is 45.9 Å². The molecule has 0 saturated heterocycles. The maximum Gasteiger partial charge on any atom is 0.305 e. The van der Waals surface area contributed by atoms with E-state index in [1.54, 1.807) is 0 Å². The maximum atomic E-state index is 10.9. The summed E-state index contributed by atoms with van der Waals surface area (Å²) in [6.07, 6.45) is 23.4. The number of esters is 1. The van der Waals surface area contributed by atoms with Crippen LogP contribution in [0.5, 0.6) is 5.75 Å². The molecule has 2 rings (SSSR count). The van der Waals surface area contributed by atoms with Gasteiger partial charge in [0.15, 0.2) is 0 Å². The molecule has 0 aliphatic heterocycles. The topological polar surface area (TPSA) is 46.5 Å². The molecular formula is C42H70O3. The number of rotatable bonds is 20. The number of carbonyl (C=O) groups excluding carboxylic acids is 1. The zero-order chi connectivity index (χ0) is 33.6. The van der Waals surface area contributed by atoms with E-state index in [0.29, 0.717) is 18.8 Å². The fourth-order valence-corrected chi connectivity index (χ4v) is 5.71. The van der Waals surface area contributed by atoms with Crippen LogP contribution in [0.1, 0.15) is 187 Å². The largest absolute Gasteiger partial charge is 0.507 e. The molecule has 0 aliphatic carbocycles. The van der Waals surface area contributed by atoms with Gasteiger partial charge in [0.1, 0.15) is 5.75 Å². The molecule has 0 bridgehead atoms. The molecule has 2 aromatic rings. The van der Waals surface area contributed by atoms with Crippen molar-refractivity contribution in [2.75, 3.05) is 6.61 Å². The third kappa shape index (κ3) is 19.1. The van der Waals surface area contributed by atoms with Gasteiger partial charge in [-0.25, -0.2) is 0 Å². The van der Waals surface area contributed by atoms with Gasteiger partial charge in [-0.3, -0.25) is 4.79 Å². The summed E-state index contributed by atoms with van der Waals surface area (Å²) >= 11 is 0. The molecule has 256 valence electrons. The third-order valence-electron chi connectivity index (χ3n) is 8.59. The lowest BCUT2D eigenvalue weighted by atomic mass is 9.78. The molecule has 0 unspecified atom stereocenters. The van der Waals surface area contributed by atoms with E-state index in [0.717, 1.165) is 24.0 Å². The molecule has 3 heteroatoms. The van der Waals surface area contributed by atoms with Crippen LogP contribution in [0.3, 0.4) is 0 Å². The van der Waals surface area contributed by atoms with Crippen molar-refractivity contribution in [3.05, 3.63) is 64.7 Å². The SMILES string of the molecule is CC(C)(C)c1cc(Cc2ccccc2)cc(C(C)(C)C)c1O.CCCCCCCCCCCCCCCCCCOC(=O)CC. The third-order valence-corrected chi connectivity index (χ3v) is 8.59. The number of aromatic hydroxyl groups is 1. The normalized spacial score (nSPS) is 11.6. The van der Waals surface area contributed by atoms with Crippen molar-refractivity contribution in [1.82, 2.24) is 0 Å². The highest BCUT2D eigenvalue weighted by atomic mass is 16.5. The van der Waals surface area contributed by atoms with Gasteiger partial charge in [0.2, 0.25) is 0 Å². The van der Waals surface area contributed by atoms with Crippen LogP contribution in [-0.4, -0.2) is 17.7 Å². The van der Waals surface area contributed by atoms with Crippen LogP contribution in [0.25, 0.3) is 0 Å². The predicted octanol–water partition coefficient (Wildman–Crippen LogP) is 12.8. The Balaban J connectivity index is 0.000000450. The lowest BCUT2D eigenvalue weighted by Gasteiger charge is -2.28. The van der Waals surface area contributed by atoms with Crippen LogP contribution >= 0.6 is 0 Å². The Labute approximate surface area is 279 Å². The highest BCUT2D eigenvalue weighted by molar-refractivity contribution is 5.68. The van der Waals surface area contributed by atoms with E-state index in [9.17, 15) is 9.90 Å². The Morgan fingerprint density at radius 1 is 0.600 bits per heavy atom. The van der Waals surface area contributed by atoms with Gasteiger partial charge in [-0.1, -0.05) is 194 Å². The molecule has 0 aromatic heterocycles. The summed E-state index contributed by atoms with van der Waals surface area (Å²) in [5.74, 6) is 0.391.